The van der Waals surface area contributed by atoms with Crippen molar-refractivity contribution in [3.8, 4) is 0 Å². The van der Waals surface area contributed by atoms with Crippen LogP contribution in [-0.4, -0.2) is 54.6 Å². The molecule has 1 unspecified atom stereocenters. The first kappa shape index (κ1) is 24.1. The highest BCUT2D eigenvalue weighted by Gasteiger charge is 2.25. The average molecular weight is 411 g/mol. The molecule has 2 aromatic rings. The zero-order chi connectivity index (χ0) is 21.8. The standard InChI is InChI=1S/C16H17N.C7H13N.C2H6.CH2O2/c1-17-12-11-13-7-5-6-10-15(13)16(17)14-8-3-2-4-9-14;1-4-8-5-2-7(1)3-6-8;1-2;2-1-3/h2-10,16H,11-12H2,1H3;7H,1-6H2;1-2H3;1H,(H,2,3). The van der Waals surface area contributed by atoms with Gasteiger partial charge in [-0.05, 0) is 75.0 Å². The van der Waals surface area contributed by atoms with Gasteiger partial charge in [-0.1, -0.05) is 68.4 Å². The van der Waals surface area contributed by atoms with E-state index in [4.69, 9.17) is 9.90 Å². The molecule has 0 aromatic heterocycles. The lowest BCUT2D eigenvalue weighted by Gasteiger charge is -2.38. The Kier molecular flexibility index (Phi) is 10.6. The third-order valence-corrected chi connectivity index (χ3v) is 6.20. The lowest BCUT2D eigenvalue weighted by atomic mass is 9.89. The van der Waals surface area contributed by atoms with E-state index in [9.17, 15) is 0 Å². The van der Waals surface area contributed by atoms with E-state index in [1.165, 1.54) is 55.6 Å². The molecule has 4 heterocycles. The van der Waals surface area contributed by atoms with Gasteiger partial charge in [0.1, 0.15) is 0 Å². The van der Waals surface area contributed by atoms with Gasteiger partial charge in [-0.3, -0.25) is 9.69 Å². The van der Waals surface area contributed by atoms with Crippen LogP contribution in [0.25, 0.3) is 0 Å². The zero-order valence-electron chi connectivity index (χ0n) is 18.8. The van der Waals surface area contributed by atoms with E-state index in [1.807, 2.05) is 13.8 Å². The SMILES string of the molecule is C1CN2CCC1CC2.CC.CN1CCc2ccccc2C1c1ccccc1.O=CO. The highest BCUT2D eigenvalue weighted by Crippen LogP contribution is 2.33. The molecule has 2 aromatic carbocycles. The third kappa shape index (κ3) is 6.68. The van der Waals surface area contributed by atoms with Crippen molar-refractivity contribution in [3.63, 3.8) is 0 Å². The van der Waals surface area contributed by atoms with Crippen LogP contribution in [0.1, 0.15) is 55.8 Å². The topological polar surface area (TPSA) is 43.8 Å². The molecule has 6 rings (SSSR count). The molecule has 4 aliphatic heterocycles. The minimum atomic E-state index is -0.250. The lowest BCUT2D eigenvalue weighted by Crippen LogP contribution is -2.41. The minimum absolute atomic E-state index is 0.250. The van der Waals surface area contributed by atoms with E-state index < -0.39 is 0 Å². The second-order valence-electron chi connectivity index (χ2n) is 7.92. The summed E-state index contributed by atoms with van der Waals surface area (Å²) in [6, 6.07) is 20.0. The summed E-state index contributed by atoms with van der Waals surface area (Å²) in [4.78, 5) is 13.4. The molecular formula is C26H38N2O2. The number of piperidine rings is 3. The number of hydrogen-bond acceptors (Lipinski definition) is 3. The summed E-state index contributed by atoms with van der Waals surface area (Å²) < 4.78 is 0. The van der Waals surface area contributed by atoms with Gasteiger partial charge < -0.3 is 10.0 Å². The second kappa shape index (κ2) is 13.2. The summed E-state index contributed by atoms with van der Waals surface area (Å²) in [6.07, 6.45) is 5.62. The average Bonchev–Trinajstić information content (AvgIpc) is 2.83. The molecule has 2 bridgehead atoms. The summed E-state index contributed by atoms with van der Waals surface area (Å²) in [6.45, 7) is 9.07. The Hall–Kier alpha value is -2.17. The fourth-order valence-electron chi connectivity index (χ4n) is 4.63. The van der Waals surface area contributed by atoms with Crippen LogP contribution in [0.2, 0.25) is 0 Å². The van der Waals surface area contributed by atoms with E-state index in [0.717, 1.165) is 18.9 Å². The molecule has 3 saturated heterocycles. The molecule has 4 nitrogen and oxygen atoms in total. The molecule has 0 saturated carbocycles. The monoisotopic (exact) mass is 410 g/mol. The Labute approximate surface area is 182 Å². The van der Waals surface area contributed by atoms with Crippen molar-refractivity contribution in [2.24, 2.45) is 5.92 Å². The first-order valence-electron chi connectivity index (χ1n) is 11.4. The minimum Gasteiger partial charge on any atom is -0.483 e. The molecule has 1 N–H and O–H groups in total. The fourth-order valence-corrected chi connectivity index (χ4v) is 4.63. The Morgan fingerprint density at radius 2 is 1.40 bits per heavy atom. The Morgan fingerprint density at radius 3 is 1.90 bits per heavy atom. The van der Waals surface area contributed by atoms with Crippen molar-refractivity contribution < 1.29 is 9.90 Å². The van der Waals surface area contributed by atoms with Crippen molar-refractivity contribution in [1.82, 2.24) is 9.80 Å². The number of carboxylic acid groups (broad SMARTS) is 1. The van der Waals surface area contributed by atoms with Crippen molar-refractivity contribution in [3.05, 3.63) is 71.3 Å². The Balaban J connectivity index is 0.000000205. The van der Waals surface area contributed by atoms with Crippen molar-refractivity contribution in [1.29, 1.82) is 0 Å². The Bertz CT molecular complexity index is 704. The quantitative estimate of drug-likeness (QED) is 0.665. The number of likely N-dealkylation sites (N-methyl/N-ethyl adjacent to an activating group) is 1. The number of fused-ring (bicyclic) bond motifs is 4. The van der Waals surface area contributed by atoms with Crippen molar-refractivity contribution >= 4 is 6.47 Å². The van der Waals surface area contributed by atoms with Crippen molar-refractivity contribution in [2.45, 2.75) is 45.6 Å². The molecule has 164 valence electrons. The predicted octanol–water partition coefficient (Wildman–Crippen LogP) is 5.09. The van der Waals surface area contributed by atoms with Gasteiger partial charge in [0.2, 0.25) is 0 Å². The maximum atomic E-state index is 8.36. The molecule has 0 aliphatic carbocycles. The third-order valence-electron chi connectivity index (χ3n) is 6.20. The first-order chi connectivity index (χ1) is 14.7. The molecule has 0 spiro atoms. The van der Waals surface area contributed by atoms with Crippen LogP contribution in [0.5, 0.6) is 0 Å². The van der Waals surface area contributed by atoms with Crippen molar-refractivity contribution in [2.75, 3.05) is 33.2 Å². The van der Waals surface area contributed by atoms with E-state index in [2.05, 4.69) is 71.4 Å². The summed E-state index contributed by atoms with van der Waals surface area (Å²) in [5, 5.41) is 6.89. The van der Waals surface area contributed by atoms with Gasteiger partial charge in [0, 0.05) is 6.54 Å². The molecule has 1 atom stereocenters. The second-order valence-corrected chi connectivity index (χ2v) is 7.92. The van der Waals surface area contributed by atoms with E-state index >= 15 is 0 Å². The van der Waals surface area contributed by atoms with Crippen LogP contribution < -0.4 is 0 Å². The van der Waals surface area contributed by atoms with Crippen LogP contribution in [0.15, 0.2) is 54.6 Å². The first-order valence-corrected chi connectivity index (χ1v) is 11.4. The fraction of sp³-hybridized carbons (Fsp3) is 0.500. The molecular weight excluding hydrogens is 372 g/mol. The number of benzene rings is 2. The van der Waals surface area contributed by atoms with Gasteiger partial charge >= 0.3 is 0 Å². The molecule has 4 aliphatic rings. The van der Waals surface area contributed by atoms with Gasteiger partial charge in [0.25, 0.3) is 6.47 Å². The number of nitrogens with zero attached hydrogens (tertiary/aromatic N) is 2. The largest absolute Gasteiger partial charge is 0.483 e. The summed E-state index contributed by atoms with van der Waals surface area (Å²) in [5.41, 5.74) is 4.36. The van der Waals surface area contributed by atoms with Crippen LogP contribution in [-0.2, 0) is 11.2 Å². The van der Waals surface area contributed by atoms with Crippen LogP contribution in [0.3, 0.4) is 0 Å². The lowest BCUT2D eigenvalue weighted by molar-refractivity contribution is -0.122. The number of hydrogen-bond donors (Lipinski definition) is 1. The Morgan fingerprint density at radius 1 is 0.867 bits per heavy atom. The normalized spacial score (nSPS) is 23.9. The summed E-state index contributed by atoms with van der Waals surface area (Å²) in [7, 11) is 2.22. The smallest absolute Gasteiger partial charge is 0.290 e. The van der Waals surface area contributed by atoms with Gasteiger partial charge in [0.05, 0.1) is 6.04 Å². The van der Waals surface area contributed by atoms with Gasteiger partial charge in [-0.15, -0.1) is 0 Å². The summed E-state index contributed by atoms with van der Waals surface area (Å²) >= 11 is 0. The molecule has 0 amide bonds. The molecule has 30 heavy (non-hydrogen) atoms. The maximum absolute atomic E-state index is 8.36. The zero-order valence-corrected chi connectivity index (χ0v) is 18.8. The summed E-state index contributed by atoms with van der Waals surface area (Å²) in [5.74, 6) is 1.11. The number of carbonyl (C=O) groups is 1. The van der Waals surface area contributed by atoms with Gasteiger partial charge in [-0.25, -0.2) is 0 Å². The number of rotatable bonds is 1. The van der Waals surface area contributed by atoms with Crippen LogP contribution in [0.4, 0.5) is 0 Å². The highest BCUT2D eigenvalue weighted by molar-refractivity contribution is 5.39. The van der Waals surface area contributed by atoms with Crippen LogP contribution in [0, 0.1) is 5.92 Å². The van der Waals surface area contributed by atoms with Crippen LogP contribution >= 0.6 is 0 Å². The molecule has 4 heteroatoms. The molecule has 0 radical (unpaired) electrons. The highest BCUT2D eigenvalue weighted by atomic mass is 16.3. The van der Waals surface area contributed by atoms with E-state index in [1.54, 1.807) is 0 Å². The maximum Gasteiger partial charge on any atom is 0.290 e. The molecule has 3 fully saturated rings. The van der Waals surface area contributed by atoms with E-state index in [-0.39, 0.29) is 6.47 Å². The van der Waals surface area contributed by atoms with E-state index in [0.29, 0.717) is 6.04 Å². The van der Waals surface area contributed by atoms with Gasteiger partial charge in [0.15, 0.2) is 0 Å². The predicted molar refractivity (Wildman–Crippen MR) is 125 cm³/mol. The van der Waals surface area contributed by atoms with Gasteiger partial charge in [-0.2, -0.15) is 0 Å².